The second-order valence-corrected chi connectivity index (χ2v) is 7.84. The topological polar surface area (TPSA) is 62.5 Å². The van der Waals surface area contributed by atoms with E-state index in [4.69, 9.17) is 0 Å². The standard InChI is InChI=1S/C18H14F2N2O3S/c1-11-16-3-2-8-21(16)17-9-14(19)15(20)10-18(17)22(11)26(24,25)13-6-4-12(23)5-7-13/h2-11,23H,1H3. The normalized spacial score (nSPS) is 16.3. The van der Waals surface area contributed by atoms with E-state index in [2.05, 4.69) is 0 Å². The van der Waals surface area contributed by atoms with Crippen LogP contribution in [0.5, 0.6) is 5.75 Å². The fourth-order valence-corrected chi connectivity index (χ4v) is 4.88. The first-order valence-electron chi connectivity index (χ1n) is 7.81. The fraction of sp³-hybridized carbons (Fsp3) is 0.111. The summed E-state index contributed by atoms with van der Waals surface area (Å²) in [6, 6.07) is 9.74. The van der Waals surface area contributed by atoms with Gasteiger partial charge in [-0.3, -0.25) is 4.31 Å². The summed E-state index contributed by atoms with van der Waals surface area (Å²) in [4.78, 5) is -0.0576. The average molecular weight is 376 g/mol. The molecule has 2 aromatic carbocycles. The van der Waals surface area contributed by atoms with Gasteiger partial charge in [0.15, 0.2) is 11.6 Å². The summed E-state index contributed by atoms with van der Waals surface area (Å²) in [6.07, 6.45) is 1.67. The van der Waals surface area contributed by atoms with E-state index in [0.717, 1.165) is 16.4 Å². The molecule has 0 radical (unpaired) electrons. The number of phenolic OH excluding ortho intramolecular Hbond substituents is 1. The Bertz CT molecular complexity index is 1110. The molecule has 1 N–H and O–H groups in total. The van der Waals surface area contributed by atoms with Crippen molar-refractivity contribution < 1.29 is 22.3 Å². The summed E-state index contributed by atoms with van der Waals surface area (Å²) in [7, 11) is -4.07. The average Bonchev–Trinajstić information content (AvgIpc) is 3.07. The van der Waals surface area contributed by atoms with E-state index in [1.54, 1.807) is 29.8 Å². The van der Waals surface area contributed by atoms with Crippen molar-refractivity contribution in [3.05, 3.63) is 72.1 Å². The maximum Gasteiger partial charge on any atom is 0.264 e. The Hall–Kier alpha value is -2.87. The Morgan fingerprint density at radius 3 is 2.27 bits per heavy atom. The molecule has 0 fully saturated rings. The quantitative estimate of drug-likeness (QED) is 0.741. The highest BCUT2D eigenvalue weighted by atomic mass is 32.2. The molecular weight excluding hydrogens is 362 g/mol. The van der Waals surface area contributed by atoms with Crippen molar-refractivity contribution in [2.45, 2.75) is 17.9 Å². The Morgan fingerprint density at radius 1 is 1.00 bits per heavy atom. The Kier molecular flexibility index (Phi) is 3.55. The number of anilines is 1. The molecule has 8 heteroatoms. The monoisotopic (exact) mass is 376 g/mol. The maximum atomic E-state index is 13.9. The van der Waals surface area contributed by atoms with E-state index >= 15 is 0 Å². The highest BCUT2D eigenvalue weighted by Gasteiger charge is 2.37. The summed E-state index contributed by atoms with van der Waals surface area (Å²) >= 11 is 0. The number of sulfonamides is 1. The smallest absolute Gasteiger partial charge is 0.264 e. The lowest BCUT2D eigenvalue weighted by Crippen LogP contribution is -2.38. The van der Waals surface area contributed by atoms with Crippen LogP contribution in [-0.4, -0.2) is 18.1 Å². The molecule has 0 bridgehead atoms. The Labute approximate surface area is 148 Å². The minimum absolute atomic E-state index is 0.0492. The molecule has 26 heavy (non-hydrogen) atoms. The van der Waals surface area contributed by atoms with Crippen LogP contribution in [0, 0.1) is 11.6 Å². The zero-order valence-corrected chi connectivity index (χ0v) is 14.4. The van der Waals surface area contributed by atoms with Gasteiger partial charge in [0.05, 0.1) is 22.3 Å². The van der Waals surface area contributed by atoms with Crippen LogP contribution in [0.4, 0.5) is 14.5 Å². The molecule has 1 aliphatic heterocycles. The van der Waals surface area contributed by atoms with Crippen molar-refractivity contribution in [3.63, 3.8) is 0 Å². The van der Waals surface area contributed by atoms with Crippen LogP contribution in [0.15, 0.2) is 59.6 Å². The zero-order chi connectivity index (χ0) is 18.6. The second-order valence-electron chi connectivity index (χ2n) is 6.03. The number of aromatic hydroxyl groups is 1. The number of benzene rings is 2. The molecule has 0 saturated carbocycles. The van der Waals surface area contributed by atoms with Crippen LogP contribution in [-0.2, 0) is 10.0 Å². The number of fused-ring (bicyclic) bond motifs is 3. The van der Waals surface area contributed by atoms with Gasteiger partial charge in [0.2, 0.25) is 0 Å². The summed E-state index contributed by atoms with van der Waals surface area (Å²) in [5.74, 6) is -2.25. The van der Waals surface area contributed by atoms with Crippen molar-refractivity contribution in [3.8, 4) is 11.4 Å². The molecule has 2 heterocycles. The Morgan fingerprint density at radius 2 is 1.62 bits per heavy atom. The molecule has 1 unspecified atom stereocenters. The van der Waals surface area contributed by atoms with Crippen molar-refractivity contribution in [2.24, 2.45) is 0 Å². The predicted molar refractivity (Wildman–Crippen MR) is 91.9 cm³/mol. The Balaban J connectivity index is 1.98. The highest BCUT2D eigenvalue weighted by molar-refractivity contribution is 7.92. The third kappa shape index (κ3) is 2.29. The van der Waals surface area contributed by atoms with Crippen molar-refractivity contribution in [1.29, 1.82) is 0 Å². The van der Waals surface area contributed by atoms with Gasteiger partial charge in [0.25, 0.3) is 10.0 Å². The van der Waals surface area contributed by atoms with Gasteiger partial charge in [-0.1, -0.05) is 0 Å². The van der Waals surface area contributed by atoms with Crippen LogP contribution < -0.4 is 4.31 Å². The molecule has 4 rings (SSSR count). The largest absolute Gasteiger partial charge is 0.508 e. The number of phenols is 1. The van der Waals surface area contributed by atoms with Gasteiger partial charge >= 0.3 is 0 Å². The first-order chi connectivity index (χ1) is 12.3. The number of rotatable bonds is 2. The van der Waals surface area contributed by atoms with E-state index < -0.39 is 27.7 Å². The third-order valence-electron chi connectivity index (χ3n) is 4.47. The van der Waals surface area contributed by atoms with Crippen LogP contribution >= 0.6 is 0 Å². The third-order valence-corrected chi connectivity index (χ3v) is 6.37. The van der Waals surface area contributed by atoms with Crippen molar-refractivity contribution in [2.75, 3.05) is 4.31 Å². The van der Waals surface area contributed by atoms with Gasteiger partial charge < -0.3 is 9.67 Å². The molecular formula is C18H14F2N2O3S. The molecule has 1 aromatic heterocycles. The summed E-state index contributed by atoms with van der Waals surface area (Å²) in [6.45, 7) is 1.67. The SMILES string of the molecule is CC1c2cccn2-c2cc(F)c(F)cc2N1S(=O)(=O)c1ccc(O)cc1. The van der Waals surface area contributed by atoms with Gasteiger partial charge in [0.1, 0.15) is 5.75 Å². The molecule has 0 aliphatic carbocycles. The fourth-order valence-electron chi connectivity index (χ4n) is 3.25. The molecule has 134 valence electrons. The maximum absolute atomic E-state index is 13.9. The van der Waals surface area contributed by atoms with E-state index in [1.165, 1.54) is 24.3 Å². The van der Waals surface area contributed by atoms with Crippen molar-refractivity contribution >= 4 is 15.7 Å². The predicted octanol–water partition coefficient (Wildman–Crippen LogP) is 3.73. The number of hydrogen-bond donors (Lipinski definition) is 1. The van der Waals surface area contributed by atoms with Gasteiger partial charge in [-0.2, -0.15) is 0 Å². The van der Waals surface area contributed by atoms with Crippen LogP contribution in [0.2, 0.25) is 0 Å². The molecule has 3 aromatic rings. The van der Waals surface area contributed by atoms with Gasteiger partial charge in [0, 0.05) is 24.0 Å². The molecule has 0 amide bonds. The number of nitrogens with zero attached hydrogens (tertiary/aromatic N) is 2. The van der Waals surface area contributed by atoms with Gasteiger partial charge in [-0.15, -0.1) is 0 Å². The van der Waals surface area contributed by atoms with Crippen LogP contribution in [0.25, 0.3) is 5.69 Å². The van der Waals surface area contributed by atoms with Crippen molar-refractivity contribution in [1.82, 2.24) is 4.57 Å². The highest BCUT2D eigenvalue weighted by Crippen LogP contribution is 2.43. The van der Waals surface area contributed by atoms with E-state index in [9.17, 15) is 22.3 Å². The van der Waals surface area contributed by atoms with Crippen LogP contribution in [0.3, 0.4) is 0 Å². The molecule has 1 aliphatic rings. The minimum Gasteiger partial charge on any atom is -0.508 e. The van der Waals surface area contributed by atoms with E-state index in [0.29, 0.717) is 5.69 Å². The summed E-state index contributed by atoms with van der Waals surface area (Å²) in [5, 5.41) is 9.41. The first-order valence-corrected chi connectivity index (χ1v) is 9.25. The minimum atomic E-state index is -4.07. The number of aromatic nitrogens is 1. The van der Waals surface area contributed by atoms with Gasteiger partial charge in [-0.25, -0.2) is 17.2 Å². The second kappa shape index (κ2) is 5.57. The summed E-state index contributed by atoms with van der Waals surface area (Å²) in [5.41, 5.74) is 0.920. The van der Waals surface area contributed by atoms with E-state index in [1.807, 2.05) is 0 Å². The lowest BCUT2D eigenvalue weighted by atomic mass is 10.1. The zero-order valence-electron chi connectivity index (χ0n) is 13.6. The first kappa shape index (κ1) is 16.6. The molecule has 1 atom stereocenters. The van der Waals surface area contributed by atoms with Crippen LogP contribution in [0.1, 0.15) is 18.7 Å². The summed E-state index contributed by atoms with van der Waals surface area (Å²) < 4.78 is 56.9. The van der Waals surface area contributed by atoms with E-state index in [-0.39, 0.29) is 22.0 Å². The van der Waals surface area contributed by atoms with Gasteiger partial charge in [-0.05, 0) is 43.3 Å². The molecule has 0 saturated heterocycles. The number of hydrogen-bond acceptors (Lipinski definition) is 3. The molecule has 5 nitrogen and oxygen atoms in total. The lowest BCUT2D eigenvalue weighted by Gasteiger charge is -2.37. The molecule has 0 spiro atoms. The lowest BCUT2D eigenvalue weighted by molar-refractivity contribution is 0.474. The number of halogens is 2.